The molecule has 1 heterocycles. The number of fused-ring (bicyclic) bond motifs is 1. The van der Waals surface area contributed by atoms with Crippen molar-refractivity contribution < 1.29 is 14.7 Å². The first-order chi connectivity index (χ1) is 11.6. The van der Waals surface area contributed by atoms with Crippen molar-refractivity contribution in [2.75, 3.05) is 26.2 Å². The minimum atomic E-state index is -0.358. The van der Waals surface area contributed by atoms with Gasteiger partial charge in [0.25, 0.3) is 5.91 Å². The second-order valence-corrected chi connectivity index (χ2v) is 6.89. The molecule has 1 aliphatic heterocycles. The van der Waals surface area contributed by atoms with Crippen LogP contribution in [0.2, 0.25) is 0 Å². The third kappa shape index (κ3) is 5.60. The van der Waals surface area contributed by atoms with Gasteiger partial charge in [0.15, 0.2) is 0 Å². The Morgan fingerprint density at radius 2 is 2.38 bits per heavy atom. The van der Waals surface area contributed by atoms with E-state index in [1.807, 2.05) is 6.92 Å². The zero-order chi connectivity index (χ0) is 17.4. The fourth-order valence-electron chi connectivity index (χ4n) is 4.02. The largest absolute Gasteiger partial charge is 0.411 e. The zero-order valence-corrected chi connectivity index (χ0v) is 14.9. The Labute approximate surface area is 144 Å². The Hall–Kier alpha value is -1.40. The zero-order valence-electron chi connectivity index (χ0n) is 14.9. The third-order valence-electron chi connectivity index (χ3n) is 4.99. The van der Waals surface area contributed by atoms with Gasteiger partial charge in [0.2, 0.25) is 0 Å². The summed E-state index contributed by atoms with van der Waals surface area (Å²) in [6.45, 7) is 7.72. The maximum atomic E-state index is 11.5. The average Bonchev–Trinajstić information content (AvgIpc) is 2.51. The molecule has 1 fully saturated rings. The van der Waals surface area contributed by atoms with Gasteiger partial charge in [-0.3, -0.25) is 4.79 Å². The van der Waals surface area contributed by atoms with Gasteiger partial charge in [-0.05, 0) is 51.5 Å². The highest BCUT2D eigenvalue weighted by Crippen LogP contribution is 2.33. The molecule has 0 saturated carbocycles. The van der Waals surface area contributed by atoms with Crippen LogP contribution in [0.1, 0.15) is 39.5 Å². The SMILES string of the molecule is CCOC1CC=CC2CN(C[C@H](C)NC(=O)/C=N\O)CCCCC21. The number of carbonyl (C=O) groups is 1. The number of amides is 1. The minimum absolute atomic E-state index is 0.0173. The molecule has 2 N–H and O–H groups in total. The van der Waals surface area contributed by atoms with Crippen molar-refractivity contribution in [2.45, 2.75) is 51.7 Å². The van der Waals surface area contributed by atoms with Gasteiger partial charge < -0.3 is 20.2 Å². The van der Waals surface area contributed by atoms with Gasteiger partial charge >= 0.3 is 0 Å². The van der Waals surface area contributed by atoms with Crippen molar-refractivity contribution >= 4 is 12.1 Å². The highest BCUT2D eigenvalue weighted by molar-refractivity contribution is 6.26. The molecule has 1 saturated heterocycles. The fraction of sp³-hybridized carbons (Fsp3) is 0.778. The van der Waals surface area contributed by atoms with E-state index in [4.69, 9.17) is 9.94 Å². The molecule has 0 aromatic heterocycles. The smallest absolute Gasteiger partial charge is 0.266 e. The summed E-state index contributed by atoms with van der Waals surface area (Å²) < 4.78 is 5.98. The van der Waals surface area contributed by atoms with Gasteiger partial charge in [-0.1, -0.05) is 23.7 Å². The molecule has 4 atom stereocenters. The molecule has 0 bridgehead atoms. The lowest BCUT2D eigenvalue weighted by molar-refractivity contribution is -0.115. The van der Waals surface area contributed by atoms with Crippen molar-refractivity contribution in [3.05, 3.63) is 12.2 Å². The molecule has 6 heteroatoms. The molecule has 0 radical (unpaired) electrons. The lowest BCUT2D eigenvalue weighted by Crippen LogP contribution is -2.47. The Morgan fingerprint density at radius 3 is 3.12 bits per heavy atom. The normalized spacial score (nSPS) is 29.7. The second-order valence-electron chi connectivity index (χ2n) is 6.89. The Kier molecular flexibility index (Phi) is 7.72. The Balaban J connectivity index is 1.93. The fourth-order valence-corrected chi connectivity index (χ4v) is 4.02. The van der Waals surface area contributed by atoms with E-state index in [0.29, 0.717) is 17.9 Å². The summed E-state index contributed by atoms with van der Waals surface area (Å²) in [7, 11) is 0. The summed E-state index contributed by atoms with van der Waals surface area (Å²) in [5.41, 5.74) is 0. The topological polar surface area (TPSA) is 74.2 Å². The van der Waals surface area contributed by atoms with Gasteiger partial charge in [-0.15, -0.1) is 0 Å². The van der Waals surface area contributed by atoms with Crippen molar-refractivity contribution in [2.24, 2.45) is 17.0 Å². The van der Waals surface area contributed by atoms with E-state index in [2.05, 4.69) is 34.4 Å². The number of hydrogen-bond donors (Lipinski definition) is 2. The number of nitrogens with zero attached hydrogens (tertiary/aromatic N) is 2. The van der Waals surface area contributed by atoms with Gasteiger partial charge in [0.1, 0.15) is 6.21 Å². The lowest BCUT2D eigenvalue weighted by atomic mass is 9.77. The second kappa shape index (κ2) is 9.79. The monoisotopic (exact) mass is 337 g/mol. The quantitative estimate of drug-likeness (QED) is 0.337. The van der Waals surface area contributed by atoms with E-state index >= 15 is 0 Å². The highest BCUT2D eigenvalue weighted by Gasteiger charge is 2.33. The number of ether oxygens (including phenoxy) is 1. The first-order valence-corrected chi connectivity index (χ1v) is 9.12. The molecule has 2 rings (SSSR count). The van der Waals surface area contributed by atoms with Crippen LogP contribution in [0.3, 0.4) is 0 Å². The van der Waals surface area contributed by atoms with Gasteiger partial charge in [0, 0.05) is 25.7 Å². The van der Waals surface area contributed by atoms with E-state index in [1.54, 1.807) is 0 Å². The predicted octanol–water partition coefficient (Wildman–Crippen LogP) is 2.03. The van der Waals surface area contributed by atoms with Crippen molar-refractivity contribution in [3.8, 4) is 0 Å². The molecule has 3 unspecified atom stereocenters. The Bertz CT molecular complexity index is 453. The average molecular weight is 337 g/mol. The highest BCUT2D eigenvalue weighted by atomic mass is 16.5. The minimum Gasteiger partial charge on any atom is -0.411 e. The van der Waals surface area contributed by atoms with E-state index < -0.39 is 0 Å². The molecule has 24 heavy (non-hydrogen) atoms. The van der Waals surface area contributed by atoms with E-state index in [-0.39, 0.29) is 11.9 Å². The maximum absolute atomic E-state index is 11.5. The van der Waals surface area contributed by atoms with Crippen molar-refractivity contribution in [3.63, 3.8) is 0 Å². The Morgan fingerprint density at radius 1 is 1.54 bits per heavy atom. The van der Waals surface area contributed by atoms with Crippen molar-refractivity contribution in [1.29, 1.82) is 0 Å². The summed E-state index contributed by atoms with van der Waals surface area (Å²) in [4.78, 5) is 13.9. The number of likely N-dealkylation sites (tertiary alicyclic amines) is 1. The molecule has 2 aliphatic rings. The molecule has 0 aromatic rings. The molecule has 1 amide bonds. The summed E-state index contributed by atoms with van der Waals surface area (Å²) in [6, 6.07) is 0.0173. The number of rotatable bonds is 6. The van der Waals surface area contributed by atoms with Gasteiger partial charge in [-0.25, -0.2) is 0 Å². The molecule has 0 aromatic carbocycles. The van der Waals surface area contributed by atoms with Crippen molar-refractivity contribution in [1.82, 2.24) is 10.2 Å². The summed E-state index contributed by atoms with van der Waals surface area (Å²) in [6.07, 6.45) is 10.6. The van der Waals surface area contributed by atoms with Crippen LogP contribution < -0.4 is 5.32 Å². The first kappa shape index (κ1) is 18.9. The van der Waals surface area contributed by atoms with Crippen LogP contribution in [0.4, 0.5) is 0 Å². The van der Waals surface area contributed by atoms with Crippen LogP contribution in [0.5, 0.6) is 0 Å². The standard InChI is InChI=1S/C18H31N3O3/c1-3-24-17-9-6-7-15-13-21(10-5-4-8-16(15)17)12-14(2)20-18(22)11-19-23/h6-7,11,14-17,23H,3-5,8-10,12-13H2,1-2H3,(H,20,22)/b19-11-/t14-,15?,16?,17?/m0/s1. The van der Waals surface area contributed by atoms with E-state index in [0.717, 1.165) is 38.9 Å². The van der Waals surface area contributed by atoms with E-state index in [9.17, 15) is 4.79 Å². The third-order valence-corrected chi connectivity index (χ3v) is 4.99. The van der Waals surface area contributed by atoms with E-state index in [1.165, 1.54) is 19.3 Å². The maximum Gasteiger partial charge on any atom is 0.266 e. The molecule has 0 spiro atoms. The summed E-state index contributed by atoms with van der Waals surface area (Å²) >= 11 is 0. The molecular weight excluding hydrogens is 306 g/mol. The van der Waals surface area contributed by atoms with Crippen LogP contribution in [-0.4, -0.2) is 60.6 Å². The van der Waals surface area contributed by atoms with Crippen LogP contribution >= 0.6 is 0 Å². The molecular formula is C18H31N3O3. The molecule has 1 aliphatic carbocycles. The van der Waals surface area contributed by atoms with Crippen LogP contribution in [-0.2, 0) is 9.53 Å². The van der Waals surface area contributed by atoms with Gasteiger partial charge in [-0.2, -0.15) is 0 Å². The van der Waals surface area contributed by atoms with Crippen LogP contribution in [0.25, 0.3) is 0 Å². The predicted molar refractivity (Wildman–Crippen MR) is 94.3 cm³/mol. The van der Waals surface area contributed by atoms with Gasteiger partial charge in [0.05, 0.1) is 6.10 Å². The molecule has 6 nitrogen and oxygen atoms in total. The molecule has 136 valence electrons. The number of nitrogens with one attached hydrogen (secondary N) is 1. The summed E-state index contributed by atoms with van der Waals surface area (Å²) in [5.74, 6) is 0.769. The number of hydrogen-bond acceptors (Lipinski definition) is 5. The first-order valence-electron chi connectivity index (χ1n) is 9.12. The number of oxime groups is 1. The van der Waals surface area contributed by atoms with Crippen LogP contribution in [0.15, 0.2) is 17.3 Å². The summed E-state index contributed by atoms with van der Waals surface area (Å²) in [5, 5.41) is 14.0. The number of carbonyl (C=O) groups excluding carboxylic acids is 1. The van der Waals surface area contributed by atoms with Crippen LogP contribution in [0, 0.1) is 11.8 Å². The lowest BCUT2D eigenvalue weighted by Gasteiger charge is -2.40.